The van der Waals surface area contributed by atoms with E-state index in [1.165, 1.54) is 0 Å². The van der Waals surface area contributed by atoms with Crippen molar-refractivity contribution in [1.29, 1.82) is 0 Å². The van der Waals surface area contributed by atoms with Crippen LogP contribution in [0.25, 0.3) is 0 Å². The number of piperidine rings is 1. The molecule has 2 N–H and O–H groups in total. The number of aromatic nitrogens is 1. The zero-order valence-corrected chi connectivity index (χ0v) is 14.1. The predicted molar refractivity (Wildman–Crippen MR) is 84.6 cm³/mol. The summed E-state index contributed by atoms with van der Waals surface area (Å²) in [5, 5.41) is 3.62. The highest BCUT2D eigenvalue weighted by Crippen LogP contribution is 2.27. The molecular formula is C14H19Cl2N3O3. The van der Waals surface area contributed by atoms with Crippen LogP contribution in [0.4, 0.5) is 4.79 Å². The molecule has 1 fully saturated rings. The fourth-order valence-electron chi connectivity index (χ4n) is 2.38. The Morgan fingerprint density at radius 2 is 2.00 bits per heavy atom. The quantitative estimate of drug-likeness (QED) is 0.882. The smallest absolute Gasteiger partial charge is 0.409 e. The summed E-state index contributed by atoms with van der Waals surface area (Å²) in [6.07, 6.45) is 1.05. The number of halogens is 2. The van der Waals surface area contributed by atoms with Gasteiger partial charge < -0.3 is 19.9 Å². The second kappa shape index (κ2) is 7.24. The first kappa shape index (κ1) is 17.0. The van der Waals surface area contributed by atoms with Crippen LogP contribution in [-0.4, -0.2) is 47.6 Å². The van der Waals surface area contributed by atoms with Gasteiger partial charge in [-0.3, -0.25) is 4.79 Å². The molecule has 0 unspecified atom stereocenters. The van der Waals surface area contributed by atoms with Gasteiger partial charge in [-0.05, 0) is 26.7 Å². The van der Waals surface area contributed by atoms with Crippen molar-refractivity contribution in [1.82, 2.24) is 15.2 Å². The highest BCUT2D eigenvalue weighted by atomic mass is 35.5. The van der Waals surface area contributed by atoms with Crippen LogP contribution in [-0.2, 0) is 4.74 Å². The van der Waals surface area contributed by atoms with Crippen molar-refractivity contribution in [2.45, 2.75) is 32.7 Å². The summed E-state index contributed by atoms with van der Waals surface area (Å²) in [6.45, 7) is 5.00. The lowest BCUT2D eigenvalue weighted by Gasteiger charge is -2.31. The number of ether oxygens (including phenoxy) is 1. The number of nitrogens with one attached hydrogen (secondary N) is 2. The summed E-state index contributed by atoms with van der Waals surface area (Å²) in [5.74, 6) is -0.283. The highest BCUT2D eigenvalue weighted by Gasteiger charge is 2.26. The molecule has 1 aromatic rings. The minimum absolute atomic E-state index is 0.00313. The first-order valence-corrected chi connectivity index (χ1v) is 7.95. The van der Waals surface area contributed by atoms with E-state index in [2.05, 4.69) is 10.3 Å². The molecule has 0 atom stereocenters. The van der Waals surface area contributed by atoms with E-state index in [0.29, 0.717) is 48.3 Å². The van der Waals surface area contributed by atoms with Gasteiger partial charge >= 0.3 is 6.09 Å². The lowest BCUT2D eigenvalue weighted by atomic mass is 10.1. The fraction of sp³-hybridized carbons (Fsp3) is 0.571. The number of amides is 2. The average molecular weight is 348 g/mol. The van der Waals surface area contributed by atoms with Crippen molar-refractivity contribution in [2.24, 2.45) is 0 Å². The third-order valence-corrected chi connectivity index (χ3v) is 4.55. The van der Waals surface area contributed by atoms with E-state index in [9.17, 15) is 9.59 Å². The number of carbonyl (C=O) groups excluding carboxylic acids is 2. The zero-order valence-electron chi connectivity index (χ0n) is 12.5. The van der Waals surface area contributed by atoms with Gasteiger partial charge in [0.25, 0.3) is 5.91 Å². The zero-order chi connectivity index (χ0) is 16.3. The van der Waals surface area contributed by atoms with Crippen LogP contribution < -0.4 is 5.32 Å². The molecule has 2 heterocycles. The van der Waals surface area contributed by atoms with Crippen LogP contribution in [0.3, 0.4) is 0 Å². The molecule has 122 valence electrons. The van der Waals surface area contributed by atoms with E-state index in [1.54, 1.807) is 18.7 Å². The number of hydrogen-bond acceptors (Lipinski definition) is 3. The van der Waals surface area contributed by atoms with Crippen molar-refractivity contribution in [3.63, 3.8) is 0 Å². The Labute approximate surface area is 139 Å². The average Bonchev–Trinajstić information content (AvgIpc) is 2.76. The molecule has 2 rings (SSSR count). The molecular weight excluding hydrogens is 329 g/mol. The highest BCUT2D eigenvalue weighted by molar-refractivity contribution is 6.38. The summed E-state index contributed by atoms with van der Waals surface area (Å²) in [7, 11) is 0. The molecule has 0 aromatic carbocycles. The first-order valence-electron chi connectivity index (χ1n) is 7.20. The Balaban J connectivity index is 1.89. The maximum absolute atomic E-state index is 12.2. The Morgan fingerprint density at radius 1 is 1.36 bits per heavy atom. The summed E-state index contributed by atoms with van der Waals surface area (Å²) in [4.78, 5) is 28.3. The van der Waals surface area contributed by atoms with Crippen LogP contribution in [0.5, 0.6) is 0 Å². The van der Waals surface area contributed by atoms with Crippen LogP contribution in [0.1, 0.15) is 35.8 Å². The van der Waals surface area contributed by atoms with Crippen LogP contribution >= 0.6 is 23.2 Å². The number of likely N-dealkylation sites (tertiary alicyclic amines) is 1. The molecule has 1 aliphatic rings. The van der Waals surface area contributed by atoms with Crippen molar-refractivity contribution in [2.75, 3.05) is 19.7 Å². The van der Waals surface area contributed by atoms with Crippen LogP contribution in [0.2, 0.25) is 10.2 Å². The van der Waals surface area contributed by atoms with Crippen molar-refractivity contribution in [3.8, 4) is 0 Å². The third-order valence-electron chi connectivity index (χ3n) is 3.70. The lowest BCUT2D eigenvalue weighted by molar-refractivity contribution is 0.0857. The standard InChI is InChI=1S/C14H19Cl2N3O3/c1-3-22-14(21)19-6-4-9(5-7-19)17-13(20)11-10(15)8(2)12(16)18-11/h9,18H,3-7H2,1-2H3,(H,17,20). The minimum atomic E-state index is -0.304. The van der Waals surface area contributed by atoms with Gasteiger partial charge in [-0.25, -0.2) is 4.79 Å². The normalized spacial score (nSPS) is 15.7. The number of aromatic amines is 1. The maximum atomic E-state index is 12.2. The van der Waals surface area contributed by atoms with E-state index in [-0.39, 0.29) is 23.7 Å². The molecule has 1 saturated heterocycles. The second-order valence-electron chi connectivity index (χ2n) is 5.19. The Bertz CT molecular complexity index is 566. The van der Waals surface area contributed by atoms with Crippen molar-refractivity contribution in [3.05, 3.63) is 21.4 Å². The molecule has 1 aliphatic heterocycles. The summed E-state index contributed by atoms with van der Waals surface area (Å²) < 4.78 is 4.96. The lowest BCUT2D eigenvalue weighted by Crippen LogP contribution is -2.46. The van der Waals surface area contributed by atoms with Crippen LogP contribution in [0.15, 0.2) is 0 Å². The Kier molecular flexibility index (Phi) is 5.58. The fourth-order valence-corrected chi connectivity index (χ4v) is 2.84. The minimum Gasteiger partial charge on any atom is -0.450 e. The maximum Gasteiger partial charge on any atom is 0.409 e. The van der Waals surface area contributed by atoms with E-state index in [4.69, 9.17) is 27.9 Å². The molecule has 22 heavy (non-hydrogen) atoms. The number of H-pyrrole nitrogens is 1. The van der Waals surface area contributed by atoms with Gasteiger partial charge in [0.05, 0.1) is 11.6 Å². The molecule has 8 heteroatoms. The second-order valence-corrected chi connectivity index (χ2v) is 5.94. The number of hydrogen-bond donors (Lipinski definition) is 2. The topological polar surface area (TPSA) is 74.4 Å². The molecule has 0 bridgehead atoms. The molecule has 0 radical (unpaired) electrons. The number of rotatable bonds is 3. The molecule has 2 amide bonds. The van der Waals surface area contributed by atoms with Gasteiger partial charge in [0, 0.05) is 24.7 Å². The number of carbonyl (C=O) groups is 2. The Hall–Kier alpha value is -1.40. The van der Waals surface area contributed by atoms with Crippen LogP contribution in [0, 0.1) is 6.92 Å². The first-order chi connectivity index (χ1) is 10.4. The SMILES string of the molecule is CCOC(=O)N1CCC(NC(=O)c2[nH]c(Cl)c(C)c2Cl)CC1. The summed E-state index contributed by atoms with van der Waals surface area (Å²) >= 11 is 12.0. The van der Waals surface area contributed by atoms with Gasteiger partial charge in [0.15, 0.2) is 0 Å². The van der Waals surface area contributed by atoms with Gasteiger partial charge in [-0.15, -0.1) is 0 Å². The predicted octanol–water partition coefficient (Wildman–Crippen LogP) is 2.98. The molecule has 1 aromatic heterocycles. The van der Waals surface area contributed by atoms with Crippen molar-refractivity contribution >= 4 is 35.2 Å². The third kappa shape index (κ3) is 3.67. The molecule has 0 spiro atoms. The van der Waals surface area contributed by atoms with Gasteiger partial charge in [0.1, 0.15) is 10.8 Å². The van der Waals surface area contributed by atoms with Gasteiger partial charge in [0.2, 0.25) is 0 Å². The Morgan fingerprint density at radius 3 is 2.50 bits per heavy atom. The molecule has 0 saturated carbocycles. The monoisotopic (exact) mass is 347 g/mol. The van der Waals surface area contributed by atoms with E-state index in [0.717, 1.165) is 0 Å². The summed E-state index contributed by atoms with van der Waals surface area (Å²) in [5.41, 5.74) is 0.933. The molecule has 6 nitrogen and oxygen atoms in total. The van der Waals surface area contributed by atoms with E-state index in [1.807, 2.05) is 0 Å². The van der Waals surface area contributed by atoms with Gasteiger partial charge in [-0.1, -0.05) is 23.2 Å². The largest absolute Gasteiger partial charge is 0.450 e. The van der Waals surface area contributed by atoms with E-state index >= 15 is 0 Å². The van der Waals surface area contributed by atoms with Gasteiger partial charge in [-0.2, -0.15) is 0 Å². The molecule has 0 aliphatic carbocycles. The number of nitrogens with zero attached hydrogens (tertiary/aromatic N) is 1. The summed E-state index contributed by atoms with van der Waals surface area (Å²) in [6, 6.07) is -0.00313. The van der Waals surface area contributed by atoms with Crippen molar-refractivity contribution < 1.29 is 14.3 Å². The van der Waals surface area contributed by atoms with E-state index < -0.39 is 0 Å².